The average molecular weight is 340 g/mol. The van der Waals surface area contributed by atoms with Gasteiger partial charge in [-0.15, -0.1) is 0 Å². The first-order chi connectivity index (χ1) is 12.1. The molecular formula is C19H21FN4O. The van der Waals surface area contributed by atoms with Crippen LogP contribution in [0.25, 0.3) is 0 Å². The zero-order chi connectivity index (χ0) is 17.8. The van der Waals surface area contributed by atoms with E-state index in [-0.39, 0.29) is 24.1 Å². The molecular weight excluding hydrogens is 319 g/mol. The van der Waals surface area contributed by atoms with E-state index in [1.54, 1.807) is 24.4 Å². The molecule has 0 radical (unpaired) electrons. The Bertz CT molecular complexity index is 764. The highest BCUT2D eigenvalue weighted by Gasteiger charge is 2.26. The highest BCUT2D eigenvalue weighted by atomic mass is 19.1. The van der Waals surface area contributed by atoms with Gasteiger partial charge in [0.25, 0.3) is 0 Å². The van der Waals surface area contributed by atoms with E-state index in [4.69, 9.17) is 16.1 Å². The van der Waals surface area contributed by atoms with Crippen LogP contribution in [0.1, 0.15) is 35.6 Å². The molecule has 1 aliphatic rings. The number of aliphatic hydroxyl groups is 1. The zero-order valence-electron chi connectivity index (χ0n) is 13.9. The molecule has 1 aromatic carbocycles. The highest BCUT2D eigenvalue weighted by Crippen LogP contribution is 2.31. The second kappa shape index (κ2) is 7.60. The summed E-state index contributed by atoms with van der Waals surface area (Å²) in [4.78, 5) is 6.51. The number of hydrogen-bond donors (Lipinski definition) is 2. The molecule has 1 atom stereocenters. The summed E-state index contributed by atoms with van der Waals surface area (Å²) >= 11 is 0. The number of nitriles is 1. The Morgan fingerprint density at radius 3 is 2.64 bits per heavy atom. The van der Waals surface area contributed by atoms with E-state index in [0.717, 1.165) is 37.3 Å². The van der Waals surface area contributed by atoms with Crippen LogP contribution in [0.5, 0.6) is 0 Å². The summed E-state index contributed by atoms with van der Waals surface area (Å²) in [6.07, 6.45) is 3.37. The molecule has 1 saturated heterocycles. The summed E-state index contributed by atoms with van der Waals surface area (Å²) in [5.74, 6) is 0.730. The van der Waals surface area contributed by atoms with Gasteiger partial charge in [0.2, 0.25) is 0 Å². The van der Waals surface area contributed by atoms with E-state index < -0.39 is 5.82 Å². The van der Waals surface area contributed by atoms with Crippen molar-refractivity contribution in [2.24, 2.45) is 11.7 Å². The first-order valence-corrected chi connectivity index (χ1v) is 8.38. The van der Waals surface area contributed by atoms with Crippen LogP contribution in [-0.4, -0.2) is 23.2 Å². The lowest BCUT2D eigenvalue weighted by atomic mass is 9.85. The Labute approximate surface area is 146 Å². The van der Waals surface area contributed by atoms with Crippen LogP contribution in [0, 0.1) is 23.1 Å². The Kier molecular flexibility index (Phi) is 5.27. The van der Waals surface area contributed by atoms with Crippen LogP contribution in [0.15, 0.2) is 36.5 Å². The van der Waals surface area contributed by atoms with Crippen LogP contribution >= 0.6 is 0 Å². The van der Waals surface area contributed by atoms with Gasteiger partial charge < -0.3 is 15.7 Å². The fourth-order valence-electron chi connectivity index (χ4n) is 3.30. The Morgan fingerprint density at radius 2 is 2.08 bits per heavy atom. The number of anilines is 1. The summed E-state index contributed by atoms with van der Waals surface area (Å²) < 4.78 is 13.9. The molecule has 1 fully saturated rings. The predicted octanol–water partition coefficient (Wildman–Crippen LogP) is 2.50. The molecule has 2 heterocycles. The number of piperidine rings is 1. The minimum atomic E-state index is -0.408. The van der Waals surface area contributed by atoms with Crippen molar-refractivity contribution in [3.05, 3.63) is 59.0 Å². The average Bonchev–Trinajstić information content (AvgIpc) is 2.67. The van der Waals surface area contributed by atoms with Crippen molar-refractivity contribution in [3.8, 4) is 6.07 Å². The SMILES string of the molecule is N#Cc1ccc(N2CCC(C(N)c3ccc(CO)c(F)c3)CC2)nc1. The number of nitrogens with zero attached hydrogens (tertiary/aromatic N) is 3. The number of hydrogen-bond acceptors (Lipinski definition) is 5. The third kappa shape index (κ3) is 3.78. The van der Waals surface area contributed by atoms with Gasteiger partial charge in [0, 0.05) is 30.9 Å². The molecule has 3 rings (SSSR count). The number of aromatic nitrogens is 1. The molecule has 0 saturated carbocycles. The molecule has 130 valence electrons. The minimum absolute atomic E-state index is 0.224. The van der Waals surface area contributed by atoms with E-state index in [0.29, 0.717) is 5.56 Å². The van der Waals surface area contributed by atoms with E-state index in [9.17, 15) is 4.39 Å². The van der Waals surface area contributed by atoms with Crippen LogP contribution in [-0.2, 0) is 6.61 Å². The summed E-state index contributed by atoms with van der Waals surface area (Å²) in [6, 6.07) is 10.3. The van der Waals surface area contributed by atoms with Gasteiger partial charge in [0.15, 0.2) is 0 Å². The first-order valence-electron chi connectivity index (χ1n) is 8.38. The van der Waals surface area contributed by atoms with Crippen LogP contribution in [0.3, 0.4) is 0 Å². The lowest BCUT2D eigenvalue weighted by Gasteiger charge is -2.35. The van der Waals surface area contributed by atoms with Crippen molar-refractivity contribution in [2.75, 3.05) is 18.0 Å². The Balaban J connectivity index is 1.63. The monoisotopic (exact) mass is 340 g/mol. The fourth-order valence-corrected chi connectivity index (χ4v) is 3.30. The molecule has 0 spiro atoms. The molecule has 0 bridgehead atoms. The van der Waals surface area contributed by atoms with Gasteiger partial charge in [0.1, 0.15) is 17.7 Å². The van der Waals surface area contributed by atoms with Crippen molar-refractivity contribution in [3.63, 3.8) is 0 Å². The number of halogens is 1. The fraction of sp³-hybridized carbons (Fsp3) is 0.368. The van der Waals surface area contributed by atoms with Crippen LogP contribution in [0.2, 0.25) is 0 Å². The lowest BCUT2D eigenvalue weighted by molar-refractivity contribution is 0.275. The normalized spacial score (nSPS) is 16.5. The standard InChI is InChI=1S/C19H21FN4O/c20-17-9-15(2-3-16(17)12-25)19(22)14-5-7-24(8-6-14)18-4-1-13(10-21)11-23-18/h1-4,9,11,14,19,25H,5-8,12,22H2. The van der Waals surface area contributed by atoms with E-state index >= 15 is 0 Å². The van der Waals surface area contributed by atoms with Crippen molar-refractivity contribution in [1.82, 2.24) is 4.98 Å². The molecule has 1 unspecified atom stereocenters. The van der Waals surface area contributed by atoms with Crippen molar-refractivity contribution < 1.29 is 9.50 Å². The summed E-state index contributed by atoms with van der Waals surface area (Å²) in [5.41, 5.74) is 7.96. The van der Waals surface area contributed by atoms with Crippen molar-refractivity contribution >= 4 is 5.82 Å². The van der Waals surface area contributed by atoms with Crippen molar-refractivity contribution in [2.45, 2.75) is 25.5 Å². The molecule has 1 aromatic heterocycles. The van der Waals surface area contributed by atoms with Gasteiger partial charge >= 0.3 is 0 Å². The van der Waals surface area contributed by atoms with Gasteiger partial charge in [-0.1, -0.05) is 12.1 Å². The molecule has 0 aliphatic carbocycles. The van der Waals surface area contributed by atoms with E-state index in [1.807, 2.05) is 6.07 Å². The Hall–Kier alpha value is -2.49. The van der Waals surface area contributed by atoms with Gasteiger partial charge in [0.05, 0.1) is 12.2 Å². The number of aliphatic hydroxyl groups excluding tert-OH is 1. The molecule has 5 nitrogen and oxygen atoms in total. The quantitative estimate of drug-likeness (QED) is 0.893. The summed E-state index contributed by atoms with van der Waals surface area (Å²) in [6.45, 7) is 1.35. The molecule has 6 heteroatoms. The van der Waals surface area contributed by atoms with Gasteiger partial charge in [-0.25, -0.2) is 9.37 Å². The largest absolute Gasteiger partial charge is 0.392 e. The van der Waals surface area contributed by atoms with E-state index in [1.165, 1.54) is 6.07 Å². The second-order valence-corrected chi connectivity index (χ2v) is 6.38. The smallest absolute Gasteiger partial charge is 0.129 e. The van der Waals surface area contributed by atoms with Gasteiger partial charge in [-0.05, 0) is 42.5 Å². The highest BCUT2D eigenvalue weighted by molar-refractivity contribution is 5.42. The lowest BCUT2D eigenvalue weighted by Crippen LogP contribution is -2.38. The molecule has 0 amide bonds. The summed E-state index contributed by atoms with van der Waals surface area (Å²) in [7, 11) is 0. The molecule has 3 N–H and O–H groups in total. The second-order valence-electron chi connectivity index (χ2n) is 6.38. The molecule has 25 heavy (non-hydrogen) atoms. The number of rotatable bonds is 4. The van der Waals surface area contributed by atoms with Crippen molar-refractivity contribution in [1.29, 1.82) is 5.26 Å². The minimum Gasteiger partial charge on any atom is -0.392 e. The maximum Gasteiger partial charge on any atom is 0.129 e. The van der Waals surface area contributed by atoms with Gasteiger partial charge in [-0.2, -0.15) is 5.26 Å². The molecule has 2 aromatic rings. The third-order valence-electron chi connectivity index (χ3n) is 4.88. The third-order valence-corrected chi connectivity index (χ3v) is 4.88. The number of nitrogens with two attached hydrogens (primary N) is 1. The number of benzene rings is 1. The van der Waals surface area contributed by atoms with E-state index in [2.05, 4.69) is 16.0 Å². The topological polar surface area (TPSA) is 86.2 Å². The van der Waals surface area contributed by atoms with Crippen LogP contribution < -0.4 is 10.6 Å². The van der Waals surface area contributed by atoms with Crippen LogP contribution in [0.4, 0.5) is 10.2 Å². The Morgan fingerprint density at radius 1 is 1.32 bits per heavy atom. The maximum absolute atomic E-state index is 13.9. The summed E-state index contributed by atoms with van der Waals surface area (Å²) in [5, 5.41) is 17.9. The maximum atomic E-state index is 13.9. The first kappa shape index (κ1) is 17.3. The van der Waals surface area contributed by atoms with Gasteiger partial charge in [-0.3, -0.25) is 0 Å². The number of pyridine rings is 1. The predicted molar refractivity (Wildman–Crippen MR) is 93.1 cm³/mol. The molecule has 1 aliphatic heterocycles. The zero-order valence-corrected chi connectivity index (χ0v) is 13.9.